The highest BCUT2D eigenvalue weighted by Gasteiger charge is 2.23. The molecule has 0 aromatic heterocycles. The molecule has 14 heavy (non-hydrogen) atoms. The summed E-state index contributed by atoms with van der Waals surface area (Å²) in [7, 11) is 0. The molecule has 0 heterocycles. The van der Waals surface area contributed by atoms with E-state index in [1.54, 1.807) is 0 Å². The van der Waals surface area contributed by atoms with Crippen LogP contribution in [0.15, 0.2) is 0 Å². The molecule has 0 radical (unpaired) electrons. The van der Waals surface area contributed by atoms with Gasteiger partial charge < -0.3 is 16.6 Å². The first-order valence-corrected chi connectivity index (χ1v) is 3.88. The Morgan fingerprint density at radius 2 is 1.57 bits per heavy atom. The van der Waals surface area contributed by atoms with Gasteiger partial charge in [0.05, 0.1) is 13.1 Å². The molecule has 0 aromatic rings. The van der Waals surface area contributed by atoms with E-state index in [1.165, 1.54) is 6.92 Å². The van der Waals surface area contributed by atoms with Crippen LogP contribution in [0.25, 0.3) is 0 Å². The highest BCUT2D eigenvalue weighted by Crippen LogP contribution is 1.97. The fourth-order valence-corrected chi connectivity index (χ4v) is 0.886. The Morgan fingerprint density at radius 1 is 1.21 bits per heavy atom. The van der Waals surface area contributed by atoms with Crippen molar-refractivity contribution < 1.29 is 19.5 Å². The highest BCUT2D eigenvalue weighted by molar-refractivity contribution is 5.81. The predicted molar refractivity (Wildman–Crippen MR) is 47.1 cm³/mol. The smallest absolute Gasteiger partial charge is 0.320 e. The van der Waals surface area contributed by atoms with Crippen LogP contribution in [0.1, 0.15) is 6.92 Å². The molecule has 80 valence electrons. The van der Waals surface area contributed by atoms with Crippen molar-refractivity contribution in [3.8, 4) is 0 Å². The SMILES string of the molecule is CC(C(=O)O)N(CC(N)=O)CC(N)=O. The van der Waals surface area contributed by atoms with Gasteiger partial charge in [-0.3, -0.25) is 19.3 Å². The van der Waals surface area contributed by atoms with Crippen LogP contribution >= 0.6 is 0 Å². The number of carboxylic acid groups (broad SMARTS) is 1. The average Bonchev–Trinajstić information content (AvgIpc) is 1.99. The van der Waals surface area contributed by atoms with Gasteiger partial charge in [0.25, 0.3) is 0 Å². The van der Waals surface area contributed by atoms with Crippen molar-refractivity contribution in [3.05, 3.63) is 0 Å². The van der Waals surface area contributed by atoms with Crippen LogP contribution in [-0.2, 0) is 14.4 Å². The molecule has 0 aliphatic heterocycles. The van der Waals surface area contributed by atoms with Crippen LogP contribution < -0.4 is 11.5 Å². The van der Waals surface area contributed by atoms with Crippen LogP contribution in [-0.4, -0.2) is 46.9 Å². The number of hydrogen-bond acceptors (Lipinski definition) is 4. The van der Waals surface area contributed by atoms with Crippen molar-refractivity contribution in [2.75, 3.05) is 13.1 Å². The van der Waals surface area contributed by atoms with Crippen LogP contribution in [0.2, 0.25) is 0 Å². The summed E-state index contributed by atoms with van der Waals surface area (Å²) < 4.78 is 0. The average molecular weight is 203 g/mol. The molecule has 0 bridgehead atoms. The summed E-state index contributed by atoms with van der Waals surface area (Å²) in [6.07, 6.45) is 0. The Bertz CT molecular complexity index is 237. The van der Waals surface area contributed by atoms with E-state index in [0.29, 0.717) is 0 Å². The molecule has 0 saturated carbocycles. The number of nitrogens with zero attached hydrogens (tertiary/aromatic N) is 1. The first-order chi connectivity index (χ1) is 6.34. The minimum atomic E-state index is -1.15. The summed E-state index contributed by atoms with van der Waals surface area (Å²) >= 11 is 0. The summed E-state index contributed by atoms with van der Waals surface area (Å²) in [5.74, 6) is -2.56. The second-order valence-electron chi connectivity index (χ2n) is 2.85. The van der Waals surface area contributed by atoms with Crippen molar-refractivity contribution in [1.29, 1.82) is 0 Å². The maximum Gasteiger partial charge on any atom is 0.320 e. The second-order valence-corrected chi connectivity index (χ2v) is 2.85. The summed E-state index contributed by atoms with van der Waals surface area (Å²) in [5.41, 5.74) is 9.76. The third-order valence-electron chi connectivity index (χ3n) is 1.62. The lowest BCUT2D eigenvalue weighted by Crippen LogP contribution is -2.47. The van der Waals surface area contributed by atoms with Crippen molar-refractivity contribution in [2.45, 2.75) is 13.0 Å². The molecule has 2 amide bonds. The third-order valence-corrected chi connectivity index (χ3v) is 1.62. The first-order valence-electron chi connectivity index (χ1n) is 3.88. The van der Waals surface area contributed by atoms with Gasteiger partial charge in [-0.25, -0.2) is 0 Å². The molecule has 0 spiro atoms. The molecule has 7 nitrogen and oxygen atoms in total. The zero-order valence-corrected chi connectivity index (χ0v) is 7.77. The van der Waals surface area contributed by atoms with E-state index < -0.39 is 23.8 Å². The summed E-state index contributed by atoms with van der Waals surface area (Å²) in [6.45, 7) is 0.723. The molecule has 1 atom stereocenters. The van der Waals surface area contributed by atoms with Gasteiger partial charge in [-0.2, -0.15) is 0 Å². The van der Waals surface area contributed by atoms with Crippen LogP contribution in [0, 0.1) is 0 Å². The van der Waals surface area contributed by atoms with Crippen LogP contribution in [0.5, 0.6) is 0 Å². The van der Waals surface area contributed by atoms with Gasteiger partial charge >= 0.3 is 5.97 Å². The monoisotopic (exact) mass is 203 g/mol. The fraction of sp³-hybridized carbons (Fsp3) is 0.571. The van der Waals surface area contributed by atoms with E-state index in [2.05, 4.69) is 0 Å². The number of primary amides is 2. The molecular weight excluding hydrogens is 190 g/mol. The second kappa shape index (κ2) is 5.18. The normalized spacial score (nSPS) is 12.4. The lowest BCUT2D eigenvalue weighted by Gasteiger charge is -2.22. The molecule has 0 fully saturated rings. The van der Waals surface area contributed by atoms with E-state index in [-0.39, 0.29) is 13.1 Å². The Balaban J connectivity index is 4.45. The number of hydrogen-bond donors (Lipinski definition) is 3. The van der Waals surface area contributed by atoms with Crippen molar-refractivity contribution in [2.24, 2.45) is 11.5 Å². The maximum atomic E-state index is 10.6. The number of rotatable bonds is 6. The number of carbonyl (C=O) groups excluding carboxylic acids is 2. The lowest BCUT2D eigenvalue weighted by atomic mass is 10.2. The Kier molecular flexibility index (Phi) is 4.57. The number of carboxylic acids is 1. The van der Waals surface area contributed by atoms with Gasteiger partial charge in [-0.1, -0.05) is 0 Å². The molecule has 7 heteroatoms. The van der Waals surface area contributed by atoms with Gasteiger partial charge in [-0.05, 0) is 6.92 Å². The topological polar surface area (TPSA) is 127 Å². The fourth-order valence-electron chi connectivity index (χ4n) is 0.886. The van der Waals surface area contributed by atoms with Gasteiger partial charge in [-0.15, -0.1) is 0 Å². The molecular formula is C7H13N3O4. The minimum absolute atomic E-state index is 0.309. The molecule has 0 aliphatic carbocycles. The Labute approximate surface area is 80.6 Å². The largest absolute Gasteiger partial charge is 0.480 e. The van der Waals surface area contributed by atoms with Gasteiger partial charge in [0.15, 0.2) is 0 Å². The molecule has 0 saturated heterocycles. The quantitative estimate of drug-likeness (QED) is 0.448. The Morgan fingerprint density at radius 3 is 1.79 bits per heavy atom. The first kappa shape index (κ1) is 12.4. The zero-order valence-electron chi connectivity index (χ0n) is 7.77. The number of nitrogens with two attached hydrogens (primary N) is 2. The van der Waals surface area contributed by atoms with E-state index >= 15 is 0 Å². The molecule has 0 aliphatic rings. The van der Waals surface area contributed by atoms with Crippen LogP contribution in [0.4, 0.5) is 0 Å². The zero-order chi connectivity index (χ0) is 11.3. The van der Waals surface area contributed by atoms with Crippen LogP contribution in [0.3, 0.4) is 0 Å². The standard InChI is InChI=1S/C7H13N3O4/c1-4(7(13)14)10(2-5(8)11)3-6(9)12/h4H,2-3H2,1H3,(H2,8,11)(H2,9,12)(H,13,14). The number of carbonyl (C=O) groups is 3. The van der Waals surface area contributed by atoms with E-state index in [0.717, 1.165) is 4.90 Å². The van der Waals surface area contributed by atoms with Crippen molar-refractivity contribution >= 4 is 17.8 Å². The van der Waals surface area contributed by atoms with E-state index in [1.807, 2.05) is 0 Å². The van der Waals surface area contributed by atoms with Gasteiger partial charge in [0.2, 0.25) is 11.8 Å². The summed E-state index contributed by atoms with van der Waals surface area (Å²) in [6, 6.07) is -0.977. The van der Waals surface area contributed by atoms with E-state index in [4.69, 9.17) is 16.6 Å². The number of aliphatic carboxylic acids is 1. The summed E-state index contributed by atoms with van der Waals surface area (Å²) in [4.78, 5) is 32.8. The maximum absolute atomic E-state index is 10.6. The van der Waals surface area contributed by atoms with E-state index in [9.17, 15) is 14.4 Å². The molecule has 0 rings (SSSR count). The van der Waals surface area contributed by atoms with Crippen molar-refractivity contribution in [3.63, 3.8) is 0 Å². The molecule has 5 N–H and O–H groups in total. The van der Waals surface area contributed by atoms with Gasteiger partial charge in [0.1, 0.15) is 6.04 Å². The lowest BCUT2D eigenvalue weighted by molar-refractivity contribution is -0.143. The Hall–Kier alpha value is -1.63. The van der Waals surface area contributed by atoms with Gasteiger partial charge in [0, 0.05) is 0 Å². The summed E-state index contributed by atoms with van der Waals surface area (Å²) in [5, 5.41) is 8.63. The highest BCUT2D eigenvalue weighted by atomic mass is 16.4. The minimum Gasteiger partial charge on any atom is -0.480 e. The number of amides is 2. The molecule has 0 aromatic carbocycles. The third kappa shape index (κ3) is 4.41. The molecule has 1 unspecified atom stereocenters. The predicted octanol–water partition coefficient (Wildman–Crippen LogP) is -2.27. The van der Waals surface area contributed by atoms with Crippen molar-refractivity contribution in [1.82, 2.24) is 4.90 Å².